The molecule has 2 aromatic rings. The van der Waals surface area contributed by atoms with E-state index in [1.807, 2.05) is 0 Å². The van der Waals surface area contributed by atoms with Crippen LogP contribution in [-0.2, 0) is 11.3 Å². The topological polar surface area (TPSA) is 38.8 Å². The van der Waals surface area contributed by atoms with E-state index in [1.54, 1.807) is 24.3 Å². The predicted molar refractivity (Wildman–Crippen MR) is 81.3 cm³/mol. The Morgan fingerprint density at radius 3 is 2.48 bits per heavy atom. The zero-order chi connectivity index (χ0) is 16.8. The van der Waals surface area contributed by atoms with Crippen molar-refractivity contribution in [3.05, 3.63) is 59.7 Å². The van der Waals surface area contributed by atoms with Gasteiger partial charge in [0.1, 0.15) is 11.6 Å². The summed E-state index contributed by atoms with van der Waals surface area (Å²) in [6.45, 7) is -0.181. The molecule has 4 nitrogen and oxygen atoms in total. The fourth-order valence-corrected chi connectivity index (χ4v) is 1.98. The second-order valence-electron chi connectivity index (χ2n) is 4.93. The number of carbonyl (C=O) groups excluding carboxylic acids is 1. The largest absolute Gasteiger partial charge is 0.493 e. The van der Waals surface area contributed by atoms with Gasteiger partial charge in [-0.1, -0.05) is 18.2 Å². The number of ether oxygens (including phenoxy) is 2. The maximum atomic E-state index is 13.6. The molecule has 2 rings (SSSR count). The maximum absolute atomic E-state index is 13.6. The molecule has 0 aliphatic carbocycles. The number of hydrogen-bond acceptors (Lipinski definition) is 3. The minimum absolute atomic E-state index is 0.0280. The molecule has 1 amide bonds. The second-order valence-corrected chi connectivity index (χ2v) is 4.93. The zero-order valence-corrected chi connectivity index (χ0v) is 12.9. The molecule has 0 saturated heterocycles. The van der Waals surface area contributed by atoms with Gasteiger partial charge in [0.25, 0.3) is 5.91 Å². The first-order valence-electron chi connectivity index (χ1n) is 6.95. The number of carbonyl (C=O) groups is 1. The molecular weight excluding hydrogens is 304 g/mol. The van der Waals surface area contributed by atoms with E-state index in [-0.39, 0.29) is 24.6 Å². The van der Waals surface area contributed by atoms with Crippen LogP contribution in [0.25, 0.3) is 0 Å². The van der Waals surface area contributed by atoms with Crippen LogP contribution in [0.5, 0.6) is 11.5 Å². The Balaban J connectivity index is 1.95. The van der Waals surface area contributed by atoms with Gasteiger partial charge in [0.15, 0.2) is 18.1 Å². The molecule has 0 bridgehead atoms. The Labute approximate surface area is 133 Å². The van der Waals surface area contributed by atoms with Crippen LogP contribution >= 0.6 is 0 Å². The lowest BCUT2D eigenvalue weighted by Gasteiger charge is -2.18. The Kier molecular flexibility index (Phi) is 5.51. The van der Waals surface area contributed by atoms with Gasteiger partial charge in [0.2, 0.25) is 0 Å². The summed E-state index contributed by atoms with van der Waals surface area (Å²) >= 11 is 0. The van der Waals surface area contributed by atoms with E-state index in [9.17, 15) is 13.6 Å². The summed E-state index contributed by atoms with van der Waals surface area (Å²) in [5.74, 6) is -0.702. The first kappa shape index (κ1) is 16.7. The highest BCUT2D eigenvalue weighted by Gasteiger charge is 2.14. The quantitative estimate of drug-likeness (QED) is 0.821. The number of likely N-dealkylation sites (N-methyl/N-ethyl adjacent to an activating group) is 1. The van der Waals surface area contributed by atoms with Crippen molar-refractivity contribution in [2.75, 3.05) is 20.8 Å². The van der Waals surface area contributed by atoms with Gasteiger partial charge in [0.05, 0.1) is 7.11 Å². The van der Waals surface area contributed by atoms with Crippen LogP contribution in [0.15, 0.2) is 42.5 Å². The summed E-state index contributed by atoms with van der Waals surface area (Å²) in [4.78, 5) is 13.4. The number of para-hydroxylation sites is 2. The van der Waals surface area contributed by atoms with E-state index in [0.717, 1.165) is 12.1 Å². The fraction of sp³-hybridized carbons (Fsp3) is 0.235. The van der Waals surface area contributed by atoms with E-state index in [4.69, 9.17) is 9.47 Å². The number of benzene rings is 2. The molecule has 23 heavy (non-hydrogen) atoms. The zero-order valence-electron chi connectivity index (χ0n) is 12.9. The van der Waals surface area contributed by atoms with Crippen LogP contribution in [-0.4, -0.2) is 31.6 Å². The summed E-state index contributed by atoms with van der Waals surface area (Å²) in [5.41, 5.74) is 0.236. The molecule has 0 aromatic heterocycles. The average molecular weight is 321 g/mol. The average Bonchev–Trinajstić information content (AvgIpc) is 2.55. The van der Waals surface area contributed by atoms with Crippen LogP contribution in [0.3, 0.4) is 0 Å². The SMILES string of the molecule is COc1ccccc1OCC(=O)N(C)Cc1ccc(F)cc1F. The molecule has 0 aliphatic rings. The van der Waals surface area contributed by atoms with Crippen molar-refractivity contribution in [3.8, 4) is 11.5 Å². The molecule has 0 unspecified atom stereocenters. The normalized spacial score (nSPS) is 10.3. The molecule has 122 valence electrons. The van der Waals surface area contributed by atoms with E-state index in [1.165, 1.54) is 25.1 Å². The number of hydrogen-bond donors (Lipinski definition) is 0. The highest BCUT2D eigenvalue weighted by atomic mass is 19.1. The van der Waals surface area contributed by atoms with Gasteiger partial charge >= 0.3 is 0 Å². The first-order chi connectivity index (χ1) is 11.0. The van der Waals surface area contributed by atoms with E-state index in [0.29, 0.717) is 11.5 Å². The van der Waals surface area contributed by atoms with Crippen LogP contribution in [0.4, 0.5) is 8.78 Å². The standard InChI is InChI=1S/C17H17F2NO3/c1-20(10-12-7-8-13(18)9-14(12)19)17(21)11-23-16-6-4-3-5-15(16)22-2/h3-9H,10-11H2,1-2H3. The molecule has 0 N–H and O–H groups in total. The van der Waals surface area contributed by atoms with E-state index in [2.05, 4.69) is 0 Å². The predicted octanol–water partition coefficient (Wildman–Crippen LogP) is 3.01. The fourth-order valence-electron chi connectivity index (χ4n) is 1.98. The summed E-state index contributed by atoms with van der Waals surface area (Å²) in [7, 11) is 3.03. The van der Waals surface area contributed by atoms with Gasteiger partial charge in [-0.2, -0.15) is 0 Å². The van der Waals surface area contributed by atoms with Crippen molar-refractivity contribution in [2.45, 2.75) is 6.54 Å². The Bertz CT molecular complexity index is 691. The second kappa shape index (κ2) is 7.58. The molecule has 0 heterocycles. The minimum atomic E-state index is -0.685. The molecule has 2 aromatic carbocycles. The summed E-state index contributed by atoms with van der Waals surface area (Å²) in [6.07, 6.45) is 0. The highest BCUT2D eigenvalue weighted by Crippen LogP contribution is 2.25. The Morgan fingerprint density at radius 2 is 1.83 bits per heavy atom. The van der Waals surface area contributed by atoms with Crippen molar-refractivity contribution in [3.63, 3.8) is 0 Å². The number of amides is 1. The van der Waals surface area contributed by atoms with E-state index >= 15 is 0 Å². The summed E-state index contributed by atoms with van der Waals surface area (Å²) in [6, 6.07) is 10.2. The molecule has 0 fully saturated rings. The van der Waals surface area contributed by atoms with Crippen molar-refractivity contribution < 1.29 is 23.0 Å². The molecule has 0 saturated carbocycles. The van der Waals surface area contributed by atoms with Gasteiger partial charge < -0.3 is 14.4 Å². The first-order valence-corrected chi connectivity index (χ1v) is 6.95. The van der Waals surface area contributed by atoms with Gasteiger partial charge in [-0.3, -0.25) is 4.79 Å². The van der Waals surface area contributed by atoms with Gasteiger partial charge in [-0.25, -0.2) is 8.78 Å². The maximum Gasteiger partial charge on any atom is 0.260 e. The van der Waals surface area contributed by atoms with Gasteiger partial charge in [-0.15, -0.1) is 0 Å². The smallest absolute Gasteiger partial charge is 0.260 e. The van der Waals surface area contributed by atoms with Crippen LogP contribution in [0.1, 0.15) is 5.56 Å². The van der Waals surface area contributed by atoms with Crippen LogP contribution < -0.4 is 9.47 Å². The van der Waals surface area contributed by atoms with Crippen molar-refractivity contribution in [2.24, 2.45) is 0 Å². The molecule has 0 aliphatic heterocycles. The van der Waals surface area contributed by atoms with Crippen molar-refractivity contribution in [1.29, 1.82) is 0 Å². The lowest BCUT2D eigenvalue weighted by molar-refractivity contribution is -0.132. The minimum Gasteiger partial charge on any atom is -0.493 e. The van der Waals surface area contributed by atoms with Gasteiger partial charge in [0, 0.05) is 25.2 Å². The monoisotopic (exact) mass is 321 g/mol. The summed E-state index contributed by atoms with van der Waals surface area (Å²) in [5, 5.41) is 0. The highest BCUT2D eigenvalue weighted by molar-refractivity contribution is 5.77. The van der Waals surface area contributed by atoms with Crippen molar-refractivity contribution >= 4 is 5.91 Å². The molecule has 6 heteroatoms. The molecule has 0 radical (unpaired) electrons. The third-order valence-corrected chi connectivity index (χ3v) is 3.27. The molecule has 0 atom stereocenters. The van der Waals surface area contributed by atoms with Crippen molar-refractivity contribution in [1.82, 2.24) is 4.90 Å². The van der Waals surface area contributed by atoms with E-state index < -0.39 is 11.6 Å². The third-order valence-electron chi connectivity index (χ3n) is 3.27. The number of methoxy groups -OCH3 is 1. The van der Waals surface area contributed by atoms with Crippen LogP contribution in [0.2, 0.25) is 0 Å². The molecule has 0 spiro atoms. The lowest BCUT2D eigenvalue weighted by Crippen LogP contribution is -2.31. The van der Waals surface area contributed by atoms with Crippen LogP contribution in [0, 0.1) is 11.6 Å². The summed E-state index contributed by atoms with van der Waals surface area (Å²) < 4.78 is 37.0. The Hall–Kier alpha value is -2.63. The third kappa shape index (κ3) is 4.42. The number of rotatable bonds is 6. The number of nitrogens with zero attached hydrogens (tertiary/aromatic N) is 1. The number of halogens is 2. The Morgan fingerprint density at radius 1 is 1.13 bits per heavy atom. The van der Waals surface area contributed by atoms with Gasteiger partial charge in [-0.05, 0) is 18.2 Å². The lowest BCUT2D eigenvalue weighted by atomic mass is 10.2. The molecular formula is C17H17F2NO3.